The highest BCUT2D eigenvalue weighted by Crippen LogP contribution is 2.33. The average Bonchev–Trinajstić information content (AvgIpc) is 3.05. The van der Waals surface area contributed by atoms with E-state index < -0.39 is 0 Å². The van der Waals surface area contributed by atoms with Gasteiger partial charge >= 0.3 is 6.01 Å². The highest BCUT2D eigenvalue weighted by molar-refractivity contribution is 5.95. The SMILES string of the molecule is CNC(=O)c1[nH]nc2c1CCc1cnc(Oc3cccc(N)c3)nc1-2. The van der Waals surface area contributed by atoms with E-state index in [-0.39, 0.29) is 11.9 Å². The fourth-order valence-corrected chi connectivity index (χ4v) is 2.89. The number of hydrogen-bond acceptors (Lipinski definition) is 6. The van der Waals surface area contributed by atoms with Crippen molar-refractivity contribution in [3.63, 3.8) is 0 Å². The number of fused-ring (bicyclic) bond motifs is 3. The molecule has 1 amide bonds. The zero-order valence-electron chi connectivity index (χ0n) is 13.5. The molecule has 0 bridgehead atoms. The van der Waals surface area contributed by atoms with Crippen LogP contribution in [0.15, 0.2) is 30.5 Å². The molecule has 4 N–H and O–H groups in total. The fourth-order valence-electron chi connectivity index (χ4n) is 2.89. The van der Waals surface area contributed by atoms with Crippen molar-refractivity contribution in [3.05, 3.63) is 47.3 Å². The third kappa shape index (κ3) is 2.67. The van der Waals surface area contributed by atoms with Crippen LogP contribution >= 0.6 is 0 Å². The Morgan fingerprint density at radius 1 is 1.32 bits per heavy atom. The second-order valence-corrected chi connectivity index (χ2v) is 5.71. The van der Waals surface area contributed by atoms with E-state index in [9.17, 15) is 4.79 Å². The standard InChI is InChI=1S/C17H16N6O2/c1-19-16(24)15-12-6-5-9-8-20-17(21-13(9)14(12)22-23-15)25-11-4-2-3-10(18)7-11/h2-4,7-8H,5-6,18H2,1H3,(H,19,24)(H,22,23). The number of amides is 1. The number of aromatic amines is 1. The number of hydrogen-bond donors (Lipinski definition) is 3. The number of nitrogens with one attached hydrogen (secondary N) is 2. The van der Waals surface area contributed by atoms with E-state index in [0.717, 1.165) is 17.5 Å². The zero-order chi connectivity index (χ0) is 17.4. The first-order chi connectivity index (χ1) is 12.2. The molecule has 1 aliphatic carbocycles. The van der Waals surface area contributed by atoms with Crippen molar-refractivity contribution in [1.82, 2.24) is 25.5 Å². The number of nitrogens with zero attached hydrogens (tertiary/aromatic N) is 3. The largest absolute Gasteiger partial charge is 0.424 e. The molecule has 0 saturated carbocycles. The van der Waals surface area contributed by atoms with E-state index in [1.165, 1.54) is 0 Å². The molecule has 0 radical (unpaired) electrons. The van der Waals surface area contributed by atoms with Crippen LogP contribution in [0.4, 0.5) is 5.69 Å². The van der Waals surface area contributed by atoms with Crippen molar-refractivity contribution >= 4 is 11.6 Å². The molecule has 8 nitrogen and oxygen atoms in total. The number of aryl methyl sites for hydroxylation is 1. The minimum Gasteiger partial charge on any atom is -0.424 e. The highest BCUT2D eigenvalue weighted by atomic mass is 16.5. The molecule has 1 aliphatic rings. The van der Waals surface area contributed by atoms with Gasteiger partial charge in [0.05, 0.1) is 0 Å². The number of nitrogens with two attached hydrogens (primary N) is 1. The van der Waals surface area contributed by atoms with E-state index in [1.807, 2.05) is 0 Å². The summed E-state index contributed by atoms with van der Waals surface area (Å²) in [6.45, 7) is 0. The average molecular weight is 336 g/mol. The van der Waals surface area contributed by atoms with Crippen molar-refractivity contribution in [1.29, 1.82) is 0 Å². The third-order valence-electron chi connectivity index (χ3n) is 4.10. The van der Waals surface area contributed by atoms with Crippen LogP contribution < -0.4 is 15.8 Å². The van der Waals surface area contributed by atoms with Gasteiger partial charge in [0.1, 0.15) is 22.8 Å². The van der Waals surface area contributed by atoms with Crippen LogP contribution in [-0.2, 0) is 12.8 Å². The Morgan fingerprint density at radius 3 is 3.00 bits per heavy atom. The maximum absolute atomic E-state index is 11.9. The van der Waals surface area contributed by atoms with Crippen molar-refractivity contribution in [2.24, 2.45) is 0 Å². The predicted molar refractivity (Wildman–Crippen MR) is 91.3 cm³/mol. The summed E-state index contributed by atoms with van der Waals surface area (Å²) in [4.78, 5) is 20.7. The summed E-state index contributed by atoms with van der Waals surface area (Å²) in [6.07, 6.45) is 3.19. The molecule has 0 fully saturated rings. The van der Waals surface area contributed by atoms with Gasteiger partial charge in [0.2, 0.25) is 0 Å². The quantitative estimate of drug-likeness (QED) is 0.626. The number of carbonyl (C=O) groups excluding carboxylic acids is 1. The lowest BCUT2D eigenvalue weighted by Gasteiger charge is -2.15. The summed E-state index contributed by atoms with van der Waals surface area (Å²) in [5.41, 5.74) is 10.0. The van der Waals surface area contributed by atoms with Crippen LogP contribution in [0.3, 0.4) is 0 Å². The van der Waals surface area contributed by atoms with E-state index in [4.69, 9.17) is 10.5 Å². The smallest absolute Gasteiger partial charge is 0.322 e. The Balaban J connectivity index is 1.71. The molecule has 8 heteroatoms. The molecule has 3 aromatic rings. The van der Waals surface area contributed by atoms with Crippen molar-refractivity contribution in [3.8, 4) is 23.1 Å². The fraction of sp³-hybridized carbons (Fsp3) is 0.176. The minimum absolute atomic E-state index is 0.192. The Labute approximate surface area is 143 Å². The van der Waals surface area contributed by atoms with Gasteiger partial charge < -0.3 is 15.8 Å². The van der Waals surface area contributed by atoms with Crippen LogP contribution in [0.5, 0.6) is 11.8 Å². The summed E-state index contributed by atoms with van der Waals surface area (Å²) < 4.78 is 5.70. The first-order valence-electron chi connectivity index (χ1n) is 7.84. The second-order valence-electron chi connectivity index (χ2n) is 5.71. The molecule has 2 heterocycles. The third-order valence-corrected chi connectivity index (χ3v) is 4.10. The first kappa shape index (κ1) is 15.1. The maximum atomic E-state index is 11.9. The number of carbonyl (C=O) groups is 1. The topological polar surface area (TPSA) is 119 Å². The molecule has 4 rings (SSSR count). The van der Waals surface area contributed by atoms with E-state index in [2.05, 4.69) is 25.5 Å². The van der Waals surface area contributed by atoms with Crippen molar-refractivity contribution < 1.29 is 9.53 Å². The Hall–Kier alpha value is -3.42. The highest BCUT2D eigenvalue weighted by Gasteiger charge is 2.26. The molecule has 0 spiro atoms. The lowest BCUT2D eigenvalue weighted by atomic mass is 9.93. The van der Waals surface area contributed by atoms with Crippen molar-refractivity contribution in [2.75, 3.05) is 12.8 Å². The lowest BCUT2D eigenvalue weighted by Crippen LogP contribution is -2.20. The van der Waals surface area contributed by atoms with Gasteiger partial charge in [0.25, 0.3) is 5.91 Å². The summed E-state index contributed by atoms with van der Waals surface area (Å²) in [5.74, 6) is 0.367. The predicted octanol–water partition coefficient (Wildman–Crippen LogP) is 1.70. The number of ether oxygens (including phenoxy) is 1. The van der Waals surface area contributed by atoms with Gasteiger partial charge in [-0.2, -0.15) is 10.1 Å². The van der Waals surface area contributed by atoms with Crippen LogP contribution in [-0.4, -0.2) is 33.1 Å². The Kier molecular flexibility index (Phi) is 3.57. The van der Waals surface area contributed by atoms with Gasteiger partial charge in [-0.15, -0.1) is 0 Å². The summed E-state index contributed by atoms with van der Waals surface area (Å²) in [6, 6.07) is 7.26. The number of aromatic nitrogens is 4. The molecule has 0 saturated heterocycles. The first-order valence-corrected chi connectivity index (χ1v) is 7.84. The van der Waals surface area contributed by atoms with E-state index >= 15 is 0 Å². The monoisotopic (exact) mass is 336 g/mol. The molecule has 2 aromatic heterocycles. The molecule has 126 valence electrons. The lowest BCUT2D eigenvalue weighted by molar-refractivity contribution is 0.0957. The van der Waals surface area contributed by atoms with Gasteiger partial charge in [-0.25, -0.2) is 4.98 Å². The second kappa shape index (κ2) is 5.90. The van der Waals surface area contributed by atoms with E-state index in [0.29, 0.717) is 34.9 Å². The van der Waals surface area contributed by atoms with Crippen LogP contribution in [0.2, 0.25) is 0 Å². The van der Waals surface area contributed by atoms with Crippen molar-refractivity contribution in [2.45, 2.75) is 12.8 Å². The number of nitrogen functional groups attached to an aromatic ring is 1. The normalized spacial score (nSPS) is 12.2. The van der Waals surface area contributed by atoms with Gasteiger partial charge in [-0.1, -0.05) is 6.07 Å². The van der Waals surface area contributed by atoms with Gasteiger partial charge in [-0.3, -0.25) is 9.89 Å². The Morgan fingerprint density at radius 2 is 2.20 bits per heavy atom. The van der Waals surface area contributed by atoms with Crippen LogP contribution in [0.25, 0.3) is 11.4 Å². The van der Waals surface area contributed by atoms with E-state index in [1.54, 1.807) is 37.5 Å². The number of rotatable bonds is 3. The van der Waals surface area contributed by atoms with Gasteiger partial charge in [0.15, 0.2) is 0 Å². The zero-order valence-corrected chi connectivity index (χ0v) is 13.5. The molecule has 1 aromatic carbocycles. The molecular weight excluding hydrogens is 320 g/mol. The molecule has 0 atom stereocenters. The molecular formula is C17H16N6O2. The summed E-state index contributed by atoms with van der Waals surface area (Å²) in [5, 5.41) is 9.69. The van der Waals surface area contributed by atoms with Gasteiger partial charge in [-0.05, 0) is 30.5 Å². The number of anilines is 1. The molecule has 0 aliphatic heterocycles. The number of H-pyrrole nitrogens is 1. The minimum atomic E-state index is -0.192. The summed E-state index contributed by atoms with van der Waals surface area (Å²) in [7, 11) is 1.59. The summed E-state index contributed by atoms with van der Waals surface area (Å²) >= 11 is 0. The maximum Gasteiger partial charge on any atom is 0.322 e. The van der Waals surface area contributed by atoms with Gasteiger partial charge in [0, 0.05) is 30.6 Å². The molecule has 0 unspecified atom stereocenters. The number of benzene rings is 1. The molecule has 25 heavy (non-hydrogen) atoms. The Bertz CT molecular complexity index is 966. The van der Waals surface area contributed by atoms with Crippen LogP contribution in [0, 0.1) is 0 Å². The van der Waals surface area contributed by atoms with Crippen LogP contribution in [0.1, 0.15) is 21.6 Å².